The lowest BCUT2D eigenvalue weighted by Crippen LogP contribution is -2.23. The molecule has 0 aliphatic carbocycles. The lowest BCUT2D eigenvalue weighted by molar-refractivity contribution is -0.147. The molecule has 0 bridgehead atoms. The van der Waals surface area contributed by atoms with Gasteiger partial charge in [-0.15, -0.1) is 0 Å². The van der Waals surface area contributed by atoms with Crippen molar-refractivity contribution in [3.8, 4) is 5.75 Å². The highest BCUT2D eigenvalue weighted by atomic mass is 79.9. The minimum Gasteiger partial charge on any atom is -0.492 e. The van der Waals surface area contributed by atoms with Crippen LogP contribution in [0.5, 0.6) is 5.75 Å². The molecule has 0 heterocycles. The molecule has 3 nitrogen and oxygen atoms in total. The van der Waals surface area contributed by atoms with Gasteiger partial charge >= 0.3 is 5.97 Å². The number of benzene rings is 1. The summed E-state index contributed by atoms with van der Waals surface area (Å²) in [5.41, 5.74) is -0.696. The van der Waals surface area contributed by atoms with Crippen LogP contribution in [0.3, 0.4) is 0 Å². The van der Waals surface area contributed by atoms with E-state index in [2.05, 4.69) is 15.9 Å². The molecule has 0 radical (unpaired) electrons. The summed E-state index contributed by atoms with van der Waals surface area (Å²) in [5.74, 6) is -0.237. The second kappa shape index (κ2) is 7.53. The van der Waals surface area contributed by atoms with Crippen LogP contribution in [-0.2, 0) is 4.79 Å². The van der Waals surface area contributed by atoms with Crippen LogP contribution in [0.2, 0.25) is 10.0 Å². The van der Waals surface area contributed by atoms with Gasteiger partial charge in [-0.1, -0.05) is 23.2 Å². The Morgan fingerprint density at radius 2 is 1.95 bits per heavy atom. The third-order valence-corrected chi connectivity index (χ3v) is 4.50. The third kappa shape index (κ3) is 5.15. The van der Waals surface area contributed by atoms with Gasteiger partial charge in [0.05, 0.1) is 22.1 Å². The molecular weight excluding hydrogens is 367 g/mol. The lowest BCUT2D eigenvalue weighted by atomic mass is 9.87. The summed E-state index contributed by atoms with van der Waals surface area (Å²) in [7, 11) is 0. The fourth-order valence-corrected chi connectivity index (χ4v) is 2.42. The first-order valence-corrected chi connectivity index (χ1v) is 7.79. The molecule has 1 aromatic carbocycles. The summed E-state index contributed by atoms with van der Waals surface area (Å²) in [6.07, 6.45) is 2.16. The van der Waals surface area contributed by atoms with Gasteiger partial charge in [-0.3, -0.25) is 4.79 Å². The average Bonchev–Trinajstić information content (AvgIpc) is 2.34. The summed E-state index contributed by atoms with van der Waals surface area (Å²) in [5, 5.41) is 10.0. The number of ether oxygens (including phenoxy) is 1. The van der Waals surface area contributed by atoms with Crippen LogP contribution >= 0.6 is 39.1 Å². The van der Waals surface area contributed by atoms with Crippen molar-refractivity contribution in [2.24, 2.45) is 5.41 Å². The van der Waals surface area contributed by atoms with E-state index < -0.39 is 11.4 Å². The fraction of sp³-hybridized carbons (Fsp3) is 0.500. The van der Waals surface area contributed by atoms with Crippen molar-refractivity contribution in [2.45, 2.75) is 33.1 Å². The van der Waals surface area contributed by atoms with E-state index in [9.17, 15) is 4.79 Å². The van der Waals surface area contributed by atoms with Gasteiger partial charge in [0.25, 0.3) is 0 Å². The Hall–Kier alpha value is -0.450. The van der Waals surface area contributed by atoms with Crippen molar-refractivity contribution in [2.75, 3.05) is 6.61 Å². The average molecular weight is 384 g/mol. The van der Waals surface area contributed by atoms with Crippen LogP contribution in [0.4, 0.5) is 0 Å². The largest absolute Gasteiger partial charge is 0.492 e. The molecule has 1 rings (SSSR count). The van der Waals surface area contributed by atoms with Crippen LogP contribution in [0, 0.1) is 5.41 Å². The van der Waals surface area contributed by atoms with E-state index >= 15 is 0 Å². The molecule has 1 aromatic rings. The van der Waals surface area contributed by atoms with Gasteiger partial charge in [-0.25, -0.2) is 0 Å². The normalized spacial score (nSPS) is 11.4. The highest BCUT2D eigenvalue weighted by Crippen LogP contribution is 2.34. The number of carboxylic acid groups (broad SMARTS) is 1. The molecule has 1 N–H and O–H groups in total. The molecule has 112 valence electrons. The summed E-state index contributed by atoms with van der Waals surface area (Å²) in [6.45, 7) is 3.93. The van der Waals surface area contributed by atoms with Gasteiger partial charge in [0.15, 0.2) is 0 Å². The minimum absolute atomic E-state index is 0.480. The topological polar surface area (TPSA) is 46.5 Å². The Labute approximate surface area is 137 Å². The molecular formula is C14H17BrCl2O3. The van der Waals surface area contributed by atoms with E-state index in [0.29, 0.717) is 28.8 Å². The van der Waals surface area contributed by atoms with E-state index in [4.69, 9.17) is 33.0 Å². The van der Waals surface area contributed by atoms with Crippen LogP contribution in [0.1, 0.15) is 33.1 Å². The summed E-state index contributed by atoms with van der Waals surface area (Å²) in [4.78, 5) is 11.0. The van der Waals surface area contributed by atoms with E-state index in [-0.39, 0.29) is 0 Å². The van der Waals surface area contributed by atoms with Crippen molar-refractivity contribution in [1.82, 2.24) is 0 Å². The Bertz CT molecular complexity index is 490. The zero-order valence-corrected chi connectivity index (χ0v) is 14.5. The predicted octanol–water partition coefficient (Wildman–Crippen LogP) is 5.42. The zero-order valence-electron chi connectivity index (χ0n) is 11.4. The second-order valence-electron chi connectivity index (χ2n) is 5.19. The van der Waals surface area contributed by atoms with Crippen LogP contribution < -0.4 is 4.74 Å². The minimum atomic E-state index is -0.777. The lowest BCUT2D eigenvalue weighted by Gasteiger charge is -2.18. The number of rotatable bonds is 7. The van der Waals surface area contributed by atoms with Crippen molar-refractivity contribution in [3.05, 3.63) is 26.7 Å². The number of unbranched alkanes of at least 4 members (excludes halogenated alkanes) is 1. The van der Waals surface area contributed by atoms with Crippen LogP contribution in [0.15, 0.2) is 16.6 Å². The van der Waals surface area contributed by atoms with Gasteiger partial charge in [0.1, 0.15) is 5.75 Å². The van der Waals surface area contributed by atoms with Crippen LogP contribution in [-0.4, -0.2) is 17.7 Å². The first-order chi connectivity index (χ1) is 9.24. The Morgan fingerprint density at radius 1 is 1.30 bits per heavy atom. The number of carbonyl (C=O) groups is 1. The molecule has 0 aromatic heterocycles. The highest BCUT2D eigenvalue weighted by Gasteiger charge is 2.25. The van der Waals surface area contributed by atoms with Crippen molar-refractivity contribution < 1.29 is 14.6 Å². The SMILES string of the molecule is CC(C)(CCCCOc1cc(Cl)c(Br)cc1Cl)C(=O)O. The molecule has 0 aliphatic rings. The fourth-order valence-electron chi connectivity index (χ4n) is 1.57. The third-order valence-electron chi connectivity index (χ3n) is 3.01. The molecule has 0 amide bonds. The van der Waals surface area contributed by atoms with Gasteiger partial charge in [-0.2, -0.15) is 0 Å². The molecule has 0 saturated carbocycles. The van der Waals surface area contributed by atoms with E-state index in [1.165, 1.54) is 0 Å². The van der Waals surface area contributed by atoms with E-state index in [1.54, 1.807) is 26.0 Å². The van der Waals surface area contributed by atoms with Gasteiger partial charge < -0.3 is 9.84 Å². The molecule has 0 spiro atoms. The number of halogens is 3. The number of hydrogen-bond acceptors (Lipinski definition) is 2. The molecule has 0 saturated heterocycles. The monoisotopic (exact) mass is 382 g/mol. The van der Waals surface area contributed by atoms with E-state index in [0.717, 1.165) is 17.3 Å². The molecule has 0 unspecified atom stereocenters. The first-order valence-electron chi connectivity index (χ1n) is 6.25. The number of hydrogen-bond donors (Lipinski definition) is 1. The van der Waals surface area contributed by atoms with E-state index in [1.807, 2.05) is 0 Å². The zero-order chi connectivity index (χ0) is 15.3. The Morgan fingerprint density at radius 3 is 2.55 bits per heavy atom. The quantitative estimate of drug-likeness (QED) is 0.505. The maximum absolute atomic E-state index is 11.0. The smallest absolute Gasteiger partial charge is 0.309 e. The van der Waals surface area contributed by atoms with Crippen molar-refractivity contribution >= 4 is 45.1 Å². The maximum atomic E-state index is 11.0. The first kappa shape index (κ1) is 17.6. The number of aliphatic carboxylic acids is 1. The number of carboxylic acids is 1. The second-order valence-corrected chi connectivity index (χ2v) is 6.86. The predicted molar refractivity (Wildman–Crippen MR) is 84.9 cm³/mol. The standard InChI is InChI=1S/C14H17BrCl2O3/c1-14(2,13(18)19)5-3-4-6-20-12-8-10(16)9(15)7-11(12)17/h7-8H,3-6H2,1-2H3,(H,18,19). The van der Waals surface area contributed by atoms with Crippen molar-refractivity contribution in [1.29, 1.82) is 0 Å². The summed E-state index contributed by atoms with van der Waals surface area (Å²) < 4.78 is 6.29. The molecule has 0 aliphatic heterocycles. The summed E-state index contributed by atoms with van der Waals surface area (Å²) >= 11 is 15.3. The van der Waals surface area contributed by atoms with Gasteiger partial charge in [0, 0.05) is 10.5 Å². The Balaban J connectivity index is 2.39. The van der Waals surface area contributed by atoms with Crippen LogP contribution in [0.25, 0.3) is 0 Å². The molecule has 20 heavy (non-hydrogen) atoms. The Kier molecular flexibility index (Phi) is 6.62. The van der Waals surface area contributed by atoms with Gasteiger partial charge in [-0.05, 0) is 55.1 Å². The highest BCUT2D eigenvalue weighted by molar-refractivity contribution is 9.10. The summed E-state index contributed by atoms with van der Waals surface area (Å²) in [6, 6.07) is 3.35. The molecule has 6 heteroatoms. The molecule has 0 atom stereocenters. The van der Waals surface area contributed by atoms with Gasteiger partial charge in [0.2, 0.25) is 0 Å². The maximum Gasteiger partial charge on any atom is 0.309 e. The van der Waals surface area contributed by atoms with Crippen molar-refractivity contribution in [3.63, 3.8) is 0 Å². The molecule has 0 fully saturated rings.